The average Bonchev–Trinajstić information content (AvgIpc) is 2.76. The molecule has 4 N–H and O–H groups in total. The Morgan fingerprint density at radius 1 is 1.09 bits per heavy atom. The molecule has 1 heterocycles. The largest absolute Gasteiger partial charge is 0.490 e. The van der Waals surface area contributed by atoms with E-state index in [9.17, 15) is 22.8 Å². The smallest absolute Gasteiger partial charge is 0.337 e. The van der Waals surface area contributed by atoms with Crippen LogP contribution in [0.25, 0.3) is 0 Å². The number of hydrogen-bond acceptors (Lipinski definition) is 11. The third kappa shape index (κ3) is 5.57. The van der Waals surface area contributed by atoms with Crippen molar-refractivity contribution in [3.05, 3.63) is 29.5 Å². The number of nitrogen functional groups attached to an aromatic ring is 1. The number of hydrogen-bond donors (Lipinski definition) is 3. The molecule has 2 aromatic rings. The number of rotatable bonds is 7. The van der Waals surface area contributed by atoms with Gasteiger partial charge in [0.25, 0.3) is 21.8 Å². The number of anilines is 2. The number of carbonyl (C=O) groups is 3. The molecular weight excluding hydrogens is 460 g/mol. The summed E-state index contributed by atoms with van der Waals surface area (Å²) < 4.78 is 42.2. The standard InChI is InChI=1S/C18H22N6O8S/c1-24(2)15(25)13-10(19)6-9(16(26)32-5)7-12(13)33(28,29)23-18(27)22-17-20-8-11(30-3)14(21-17)31-4/h6-8H,19H2,1-5H3,(H2,20,21,22,23,27). The quantitative estimate of drug-likeness (QED) is 0.357. The van der Waals surface area contributed by atoms with Crippen molar-refractivity contribution in [2.75, 3.05) is 46.5 Å². The molecule has 178 valence electrons. The van der Waals surface area contributed by atoms with Crippen molar-refractivity contribution >= 4 is 39.6 Å². The Morgan fingerprint density at radius 3 is 2.30 bits per heavy atom. The van der Waals surface area contributed by atoms with Gasteiger partial charge in [0.05, 0.1) is 38.7 Å². The molecule has 1 aromatic heterocycles. The minimum atomic E-state index is -4.71. The first kappa shape index (κ1) is 25.1. The van der Waals surface area contributed by atoms with Crippen LogP contribution in [0.2, 0.25) is 0 Å². The molecule has 0 aliphatic heterocycles. The van der Waals surface area contributed by atoms with E-state index in [1.54, 1.807) is 4.72 Å². The van der Waals surface area contributed by atoms with Crippen LogP contribution in [0.4, 0.5) is 16.4 Å². The summed E-state index contributed by atoms with van der Waals surface area (Å²) in [5.74, 6) is -1.80. The molecule has 0 unspecified atom stereocenters. The van der Waals surface area contributed by atoms with E-state index in [0.29, 0.717) is 0 Å². The maximum atomic E-state index is 13.0. The summed E-state index contributed by atoms with van der Waals surface area (Å²) in [6.07, 6.45) is 1.20. The molecule has 0 spiro atoms. The number of methoxy groups -OCH3 is 3. The van der Waals surface area contributed by atoms with Crippen molar-refractivity contribution in [3.8, 4) is 11.6 Å². The van der Waals surface area contributed by atoms with Gasteiger partial charge in [0.15, 0.2) is 5.75 Å². The van der Waals surface area contributed by atoms with E-state index in [-0.39, 0.29) is 28.8 Å². The van der Waals surface area contributed by atoms with Crippen LogP contribution in [-0.2, 0) is 14.8 Å². The van der Waals surface area contributed by atoms with Gasteiger partial charge in [-0.05, 0) is 12.1 Å². The van der Waals surface area contributed by atoms with Crippen LogP contribution in [0, 0.1) is 0 Å². The number of sulfonamides is 1. The van der Waals surface area contributed by atoms with Gasteiger partial charge in [0.1, 0.15) is 4.90 Å². The van der Waals surface area contributed by atoms with Gasteiger partial charge in [-0.25, -0.2) is 27.7 Å². The van der Waals surface area contributed by atoms with Crippen molar-refractivity contribution in [3.63, 3.8) is 0 Å². The van der Waals surface area contributed by atoms with E-state index < -0.39 is 38.4 Å². The monoisotopic (exact) mass is 482 g/mol. The predicted octanol–water partition coefficient (Wildman–Crippen LogP) is 0.0748. The van der Waals surface area contributed by atoms with Gasteiger partial charge in [-0.1, -0.05) is 0 Å². The molecule has 2 rings (SSSR count). The second kappa shape index (κ2) is 9.99. The summed E-state index contributed by atoms with van der Waals surface area (Å²) in [5, 5.41) is 2.12. The van der Waals surface area contributed by atoms with Crippen LogP contribution in [0.15, 0.2) is 23.2 Å². The molecule has 0 saturated carbocycles. The first-order valence-corrected chi connectivity index (χ1v) is 10.5. The van der Waals surface area contributed by atoms with Crippen LogP contribution in [-0.4, -0.2) is 76.6 Å². The first-order valence-electron chi connectivity index (χ1n) is 8.97. The molecule has 3 amide bonds. The minimum absolute atomic E-state index is 0.0110. The molecule has 33 heavy (non-hydrogen) atoms. The number of nitrogens with two attached hydrogens (primary N) is 1. The Kier molecular flexibility index (Phi) is 7.60. The molecule has 0 radical (unpaired) electrons. The van der Waals surface area contributed by atoms with E-state index in [0.717, 1.165) is 24.1 Å². The lowest BCUT2D eigenvalue weighted by Gasteiger charge is -2.18. The fourth-order valence-corrected chi connectivity index (χ4v) is 3.70. The van der Waals surface area contributed by atoms with Gasteiger partial charge in [-0.2, -0.15) is 4.98 Å². The van der Waals surface area contributed by atoms with E-state index in [4.69, 9.17) is 15.2 Å². The number of urea groups is 1. The third-order valence-corrected chi connectivity index (χ3v) is 5.41. The Hall–Kier alpha value is -4.14. The minimum Gasteiger partial charge on any atom is -0.490 e. The Bertz CT molecular complexity index is 1200. The van der Waals surface area contributed by atoms with Gasteiger partial charge in [0, 0.05) is 19.8 Å². The molecule has 0 bridgehead atoms. The van der Waals surface area contributed by atoms with E-state index >= 15 is 0 Å². The summed E-state index contributed by atoms with van der Waals surface area (Å²) in [5.41, 5.74) is 4.89. The zero-order valence-electron chi connectivity index (χ0n) is 18.3. The molecule has 0 aliphatic rings. The Balaban J connectivity index is 2.45. The highest BCUT2D eigenvalue weighted by molar-refractivity contribution is 7.90. The maximum Gasteiger partial charge on any atom is 0.337 e. The topological polar surface area (TPSA) is 192 Å². The number of nitrogens with zero attached hydrogens (tertiary/aromatic N) is 3. The second-order valence-corrected chi connectivity index (χ2v) is 8.11. The number of esters is 1. The third-order valence-electron chi connectivity index (χ3n) is 4.05. The van der Waals surface area contributed by atoms with Crippen LogP contribution < -0.4 is 25.2 Å². The van der Waals surface area contributed by atoms with E-state index in [2.05, 4.69) is 20.0 Å². The zero-order chi connectivity index (χ0) is 24.9. The predicted molar refractivity (Wildman–Crippen MR) is 115 cm³/mol. The van der Waals surface area contributed by atoms with Crippen LogP contribution in [0.1, 0.15) is 20.7 Å². The molecule has 0 atom stereocenters. The molecule has 0 saturated heterocycles. The number of nitrogens with one attached hydrogen (secondary N) is 2. The normalized spacial score (nSPS) is 10.7. The lowest BCUT2D eigenvalue weighted by Crippen LogP contribution is -2.36. The Labute approximate surface area is 189 Å². The first-order chi connectivity index (χ1) is 15.4. The fraction of sp³-hybridized carbons (Fsp3) is 0.278. The van der Waals surface area contributed by atoms with Crippen LogP contribution in [0.5, 0.6) is 11.6 Å². The molecule has 0 aliphatic carbocycles. The van der Waals surface area contributed by atoms with Crippen LogP contribution >= 0.6 is 0 Å². The highest BCUT2D eigenvalue weighted by atomic mass is 32.2. The number of aromatic nitrogens is 2. The van der Waals surface area contributed by atoms with Gasteiger partial charge in [-0.15, -0.1) is 0 Å². The average molecular weight is 482 g/mol. The lowest BCUT2D eigenvalue weighted by molar-refractivity contribution is 0.0599. The second-order valence-electron chi connectivity index (χ2n) is 6.46. The molecule has 15 heteroatoms. The van der Waals surface area contributed by atoms with Crippen LogP contribution in [0.3, 0.4) is 0 Å². The van der Waals surface area contributed by atoms with E-state index in [1.165, 1.54) is 34.5 Å². The van der Waals surface area contributed by atoms with Gasteiger partial charge in [0.2, 0.25) is 5.95 Å². The molecule has 14 nitrogen and oxygen atoms in total. The Morgan fingerprint density at radius 2 is 1.76 bits per heavy atom. The van der Waals surface area contributed by atoms with Gasteiger partial charge >= 0.3 is 12.0 Å². The molecular formula is C18H22N6O8S. The lowest BCUT2D eigenvalue weighted by atomic mass is 10.1. The zero-order valence-corrected chi connectivity index (χ0v) is 19.1. The summed E-state index contributed by atoms with van der Waals surface area (Å²) >= 11 is 0. The number of amides is 3. The summed E-state index contributed by atoms with van der Waals surface area (Å²) in [6.45, 7) is 0. The van der Waals surface area contributed by atoms with Crippen molar-refractivity contribution in [2.45, 2.75) is 4.90 Å². The van der Waals surface area contributed by atoms with Crippen molar-refractivity contribution in [2.24, 2.45) is 0 Å². The molecule has 0 fully saturated rings. The summed E-state index contributed by atoms with van der Waals surface area (Å²) in [6, 6.07) is 0.716. The SMILES string of the molecule is COC(=O)c1cc(N)c(C(=O)N(C)C)c(S(=O)(=O)NC(=O)Nc2ncc(OC)c(OC)n2)c1. The van der Waals surface area contributed by atoms with Gasteiger partial charge in [-0.3, -0.25) is 10.1 Å². The highest BCUT2D eigenvalue weighted by Crippen LogP contribution is 2.27. The number of ether oxygens (including phenoxy) is 3. The van der Waals surface area contributed by atoms with Gasteiger partial charge < -0.3 is 24.8 Å². The summed E-state index contributed by atoms with van der Waals surface area (Å²) in [7, 11) is 1.78. The maximum absolute atomic E-state index is 13.0. The van der Waals surface area contributed by atoms with Crippen molar-refractivity contribution in [1.29, 1.82) is 0 Å². The number of benzene rings is 1. The molecule has 1 aromatic carbocycles. The highest BCUT2D eigenvalue weighted by Gasteiger charge is 2.30. The van der Waals surface area contributed by atoms with E-state index in [1.807, 2.05) is 0 Å². The summed E-state index contributed by atoms with van der Waals surface area (Å²) in [4.78, 5) is 44.9. The number of carbonyl (C=O) groups excluding carboxylic acids is 3. The van der Waals surface area contributed by atoms with Crippen molar-refractivity contribution < 1.29 is 37.0 Å². The fourth-order valence-electron chi connectivity index (χ4n) is 2.54. The van der Waals surface area contributed by atoms with Crippen molar-refractivity contribution in [1.82, 2.24) is 19.6 Å².